The lowest BCUT2D eigenvalue weighted by molar-refractivity contribution is -0.0800. The summed E-state index contributed by atoms with van der Waals surface area (Å²) < 4.78 is 11.6. The Hall–Kier alpha value is -0.770. The molecule has 25 heavy (non-hydrogen) atoms. The van der Waals surface area contributed by atoms with Crippen LogP contribution >= 0.6 is 0 Å². The van der Waals surface area contributed by atoms with Crippen LogP contribution in [0.3, 0.4) is 0 Å². The van der Waals surface area contributed by atoms with E-state index in [1.54, 1.807) is 4.90 Å². The van der Waals surface area contributed by atoms with E-state index in [2.05, 4.69) is 27.7 Å². The summed E-state index contributed by atoms with van der Waals surface area (Å²) in [5.74, 6) is 0. The third kappa shape index (κ3) is 12.3. The summed E-state index contributed by atoms with van der Waals surface area (Å²) in [7, 11) is 0. The van der Waals surface area contributed by atoms with Gasteiger partial charge >= 0.3 is 6.09 Å². The van der Waals surface area contributed by atoms with Gasteiger partial charge in [0.25, 0.3) is 0 Å². The maximum atomic E-state index is 12.6. The zero-order valence-electron chi connectivity index (χ0n) is 18.0. The maximum Gasteiger partial charge on any atom is 0.412 e. The third-order valence-corrected chi connectivity index (χ3v) is 4.97. The van der Waals surface area contributed by atoms with Crippen LogP contribution in [0.1, 0.15) is 106 Å². The first-order valence-electron chi connectivity index (χ1n) is 10.3. The minimum absolute atomic E-state index is 0.223. The molecule has 0 saturated carbocycles. The average molecular weight is 358 g/mol. The average Bonchev–Trinajstić information content (AvgIpc) is 2.56. The molecule has 150 valence electrons. The molecular formula is C21H43NO3. The first-order valence-corrected chi connectivity index (χ1v) is 10.3. The Morgan fingerprint density at radius 2 is 1.32 bits per heavy atom. The fourth-order valence-corrected chi connectivity index (χ4v) is 2.20. The van der Waals surface area contributed by atoms with Gasteiger partial charge in [0, 0.05) is 6.54 Å². The summed E-state index contributed by atoms with van der Waals surface area (Å²) in [6.45, 7) is 15.4. The van der Waals surface area contributed by atoms with Gasteiger partial charge in [0.15, 0.2) is 0 Å². The molecule has 0 aliphatic heterocycles. The van der Waals surface area contributed by atoms with Crippen LogP contribution in [0.25, 0.3) is 0 Å². The van der Waals surface area contributed by atoms with Gasteiger partial charge in [-0.15, -0.1) is 0 Å². The number of hydrogen-bond acceptors (Lipinski definition) is 3. The van der Waals surface area contributed by atoms with Crippen molar-refractivity contribution in [2.24, 2.45) is 0 Å². The van der Waals surface area contributed by atoms with E-state index in [4.69, 9.17) is 9.47 Å². The van der Waals surface area contributed by atoms with Gasteiger partial charge < -0.3 is 9.47 Å². The molecule has 0 unspecified atom stereocenters. The summed E-state index contributed by atoms with van der Waals surface area (Å²) in [6.07, 6.45) is 10.1. The van der Waals surface area contributed by atoms with Gasteiger partial charge in [0.2, 0.25) is 0 Å². The van der Waals surface area contributed by atoms with Gasteiger partial charge in [0.1, 0.15) is 12.3 Å². The number of hydrogen-bond donors (Lipinski definition) is 0. The SMILES string of the molecule is CCCCCCCCCN(COC(C)(C)CC)C(=O)OC(C)(C)CC. The molecule has 0 rings (SSSR count). The highest BCUT2D eigenvalue weighted by Crippen LogP contribution is 2.18. The van der Waals surface area contributed by atoms with Gasteiger partial charge in [-0.05, 0) is 47.0 Å². The highest BCUT2D eigenvalue weighted by Gasteiger charge is 2.26. The number of ether oxygens (including phenoxy) is 2. The first-order chi connectivity index (χ1) is 11.7. The minimum atomic E-state index is -0.435. The summed E-state index contributed by atoms with van der Waals surface area (Å²) in [4.78, 5) is 14.3. The predicted octanol–water partition coefficient (Wildman–Crippen LogP) is 6.53. The molecule has 0 aromatic carbocycles. The summed E-state index contributed by atoms with van der Waals surface area (Å²) in [6, 6.07) is 0. The molecule has 4 heteroatoms. The van der Waals surface area contributed by atoms with Crippen molar-refractivity contribution in [3.63, 3.8) is 0 Å². The smallest absolute Gasteiger partial charge is 0.412 e. The Morgan fingerprint density at radius 1 is 0.800 bits per heavy atom. The zero-order valence-corrected chi connectivity index (χ0v) is 18.0. The maximum absolute atomic E-state index is 12.6. The summed E-state index contributed by atoms with van der Waals surface area (Å²) in [5.41, 5.74) is -0.658. The molecule has 0 N–H and O–H groups in total. The molecule has 0 radical (unpaired) electrons. The fraction of sp³-hybridized carbons (Fsp3) is 0.952. The van der Waals surface area contributed by atoms with Gasteiger partial charge in [0.05, 0.1) is 5.60 Å². The molecule has 0 aromatic heterocycles. The van der Waals surface area contributed by atoms with Crippen molar-refractivity contribution in [3.05, 3.63) is 0 Å². The van der Waals surface area contributed by atoms with E-state index in [1.165, 1.54) is 32.1 Å². The Labute approximate surface area is 156 Å². The molecule has 0 saturated heterocycles. The topological polar surface area (TPSA) is 38.8 Å². The van der Waals surface area contributed by atoms with Crippen molar-refractivity contribution >= 4 is 6.09 Å². The second-order valence-electron chi connectivity index (χ2n) is 8.25. The highest BCUT2D eigenvalue weighted by atomic mass is 16.6. The van der Waals surface area contributed by atoms with E-state index < -0.39 is 5.60 Å². The first kappa shape index (κ1) is 24.2. The molecule has 0 spiro atoms. The molecule has 0 atom stereocenters. The molecule has 0 heterocycles. The van der Waals surface area contributed by atoms with E-state index in [-0.39, 0.29) is 11.7 Å². The van der Waals surface area contributed by atoms with E-state index >= 15 is 0 Å². The number of carbonyl (C=O) groups is 1. The Morgan fingerprint density at radius 3 is 1.84 bits per heavy atom. The van der Waals surface area contributed by atoms with Crippen molar-refractivity contribution in [1.29, 1.82) is 0 Å². The quantitative estimate of drug-likeness (QED) is 0.262. The van der Waals surface area contributed by atoms with Crippen LogP contribution in [-0.4, -0.2) is 35.5 Å². The number of nitrogens with zero attached hydrogens (tertiary/aromatic N) is 1. The zero-order chi connectivity index (χ0) is 19.3. The van der Waals surface area contributed by atoms with Gasteiger partial charge in [-0.1, -0.05) is 59.3 Å². The fourth-order valence-electron chi connectivity index (χ4n) is 2.20. The van der Waals surface area contributed by atoms with Crippen molar-refractivity contribution in [1.82, 2.24) is 4.90 Å². The minimum Gasteiger partial charge on any atom is -0.443 e. The lowest BCUT2D eigenvalue weighted by Crippen LogP contribution is -2.41. The van der Waals surface area contributed by atoms with Gasteiger partial charge in [-0.25, -0.2) is 4.79 Å². The molecule has 0 aromatic rings. The van der Waals surface area contributed by atoms with Crippen LogP contribution < -0.4 is 0 Å². The van der Waals surface area contributed by atoms with Crippen LogP contribution in [0.2, 0.25) is 0 Å². The summed E-state index contributed by atoms with van der Waals surface area (Å²) >= 11 is 0. The third-order valence-electron chi connectivity index (χ3n) is 4.97. The van der Waals surface area contributed by atoms with E-state index in [9.17, 15) is 4.79 Å². The van der Waals surface area contributed by atoms with Crippen molar-refractivity contribution in [2.75, 3.05) is 13.3 Å². The Bertz CT molecular complexity index is 353. The van der Waals surface area contributed by atoms with Crippen LogP contribution in [0, 0.1) is 0 Å². The molecule has 0 fully saturated rings. The molecule has 0 bridgehead atoms. The second-order valence-corrected chi connectivity index (χ2v) is 8.25. The van der Waals surface area contributed by atoms with Crippen LogP contribution in [-0.2, 0) is 9.47 Å². The van der Waals surface area contributed by atoms with E-state index in [1.807, 2.05) is 20.8 Å². The van der Waals surface area contributed by atoms with Crippen molar-refractivity contribution in [3.8, 4) is 0 Å². The largest absolute Gasteiger partial charge is 0.443 e. The van der Waals surface area contributed by atoms with Crippen LogP contribution in [0.15, 0.2) is 0 Å². The van der Waals surface area contributed by atoms with Crippen LogP contribution in [0.4, 0.5) is 4.79 Å². The number of rotatable bonds is 14. The van der Waals surface area contributed by atoms with E-state index in [0.717, 1.165) is 25.7 Å². The lowest BCUT2D eigenvalue weighted by Gasteiger charge is -2.32. The predicted molar refractivity (Wildman–Crippen MR) is 106 cm³/mol. The lowest BCUT2D eigenvalue weighted by atomic mass is 10.1. The molecule has 0 aliphatic carbocycles. The summed E-state index contributed by atoms with van der Waals surface area (Å²) in [5, 5.41) is 0. The molecular weight excluding hydrogens is 314 g/mol. The monoisotopic (exact) mass is 357 g/mol. The normalized spacial score (nSPS) is 12.3. The standard InChI is InChI=1S/C21H43NO3/c1-8-11-12-13-14-15-16-17-22(18-24-20(4,5)9-2)19(23)25-21(6,7)10-3/h8-18H2,1-7H3. The van der Waals surface area contributed by atoms with Crippen LogP contribution in [0.5, 0.6) is 0 Å². The molecule has 4 nitrogen and oxygen atoms in total. The number of amides is 1. The second kappa shape index (κ2) is 12.6. The van der Waals surface area contributed by atoms with Gasteiger partial charge in [-0.3, -0.25) is 4.90 Å². The highest BCUT2D eigenvalue weighted by molar-refractivity contribution is 5.67. The Balaban J connectivity index is 4.45. The van der Waals surface area contributed by atoms with Gasteiger partial charge in [-0.2, -0.15) is 0 Å². The number of carbonyl (C=O) groups excluding carboxylic acids is 1. The van der Waals surface area contributed by atoms with Crippen molar-refractivity contribution < 1.29 is 14.3 Å². The Kier molecular flexibility index (Phi) is 12.2. The molecule has 0 aliphatic rings. The van der Waals surface area contributed by atoms with Crippen molar-refractivity contribution in [2.45, 2.75) is 117 Å². The number of unbranched alkanes of at least 4 members (excludes halogenated alkanes) is 6. The van der Waals surface area contributed by atoms with E-state index in [0.29, 0.717) is 13.3 Å². The molecule has 1 amide bonds.